The van der Waals surface area contributed by atoms with Gasteiger partial charge in [-0.25, -0.2) is 4.98 Å². The smallest absolute Gasteiger partial charge is 0.237 e. The number of anilines is 1. The van der Waals surface area contributed by atoms with Crippen LogP contribution in [0.5, 0.6) is 11.5 Å². The minimum absolute atomic E-state index is 0.124. The fourth-order valence-corrected chi connectivity index (χ4v) is 3.79. The van der Waals surface area contributed by atoms with Crippen LogP contribution in [-0.4, -0.2) is 34.9 Å². The number of fused-ring (bicyclic) bond motifs is 1. The number of ether oxygens (including phenoxy) is 2. The molecule has 0 aliphatic heterocycles. The van der Waals surface area contributed by atoms with Crippen molar-refractivity contribution in [1.29, 1.82) is 0 Å². The Morgan fingerprint density at radius 2 is 2.00 bits per heavy atom. The Bertz CT molecular complexity index is 955. The van der Waals surface area contributed by atoms with E-state index >= 15 is 0 Å². The van der Waals surface area contributed by atoms with Crippen molar-refractivity contribution < 1.29 is 14.3 Å². The van der Waals surface area contributed by atoms with E-state index in [4.69, 9.17) is 9.47 Å². The van der Waals surface area contributed by atoms with Crippen LogP contribution in [0.25, 0.3) is 11.0 Å². The molecule has 0 aliphatic rings. The number of carbonyl (C=O) groups is 1. The fraction of sp³-hybridized carbons (Fsp3) is 0.300. The molecule has 6 nitrogen and oxygen atoms in total. The summed E-state index contributed by atoms with van der Waals surface area (Å²) in [6.45, 7) is 4.73. The SMILES string of the molecule is CCn1c(SC(C)C(=O)Nc2cc(OC)ccc2OC)nc2ccccc21. The highest BCUT2D eigenvalue weighted by Gasteiger charge is 2.20. The lowest BCUT2D eigenvalue weighted by Gasteiger charge is -2.15. The van der Waals surface area contributed by atoms with E-state index < -0.39 is 0 Å². The first kappa shape index (κ1) is 19.1. The number of hydrogen-bond acceptors (Lipinski definition) is 5. The van der Waals surface area contributed by atoms with Gasteiger partial charge in [0.15, 0.2) is 5.16 Å². The Kier molecular flexibility index (Phi) is 5.91. The van der Waals surface area contributed by atoms with Crippen LogP contribution in [0, 0.1) is 0 Å². The van der Waals surface area contributed by atoms with Gasteiger partial charge < -0.3 is 19.4 Å². The molecule has 142 valence electrons. The summed E-state index contributed by atoms with van der Waals surface area (Å²) in [6, 6.07) is 13.3. The highest BCUT2D eigenvalue weighted by molar-refractivity contribution is 8.00. The molecule has 0 spiro atoms. The van der Waals surface area contributed by atoms with Crippen molar-refractivity contribution in [1.82, 2.24) is 9.55 Å². The fourth-order valence-electron chi connectivity index (χ4n) is 2.81. The molecule has 3 rings (SSSR count). The van der Waals surface area contributed by atoms with Gasteiger partial charge in [-0.2, -0.15) is 0 Å². The highest BCUT2D eigenvalue weighted by atomic mass is 32.2. The summed E-state index contributed by atoms with van der Waals surface area (Å²) in [5.74, 6) is 1.11. The average molecular weight is 385 g/mol. The molecule has 0 radical (unpaired) electrons. The number of aromatic nitrogens is 2. The number of thioether (sulfide) groups is 1. The molecule has 2 aromatic carbocycles. The number of hydrogen-bond donors (Lipinski definition) is 1. The van der Waals surface area contributed by atoms with E-state index in [9.17, 15) is 4.79 Å². The van der Waals surface area contributed by atoms with Gasteiger partial charge in [-0.1, -0.05) is 23.9 Å². The molecule has 1 unspecified atom stereocenters. The molecule has 27 heavy (non-hydrogen) atoms. The third-order valence-electron chi connectivity index (χ3n) is 4.25. The molecular formula is C20H23N3O3S. The molecule has 7 heteroatoms. The van der Waals surface area contributed by atoms with Crippen molar-refractivity contribution in [2.45, 2.75) is 30.8 Å². The topological polar surface area (TPSA) is 65.4 Å². The van der Waals surface area contributed by atoms with Crippen LogP contribution >= 0.6 is 11.8 Å². The van der Waals surface area contributed by atoms with Crippen LogP contribution in [0.3, 0.4) is 0 Å². The van der Waals surface area contributed by atoms with Crippen molar-refractivity contribution in [3.8, 4) is 11.5 Å². The second-order valence-electron chi connectivity index (χ2n) is 5.94. The summed E-state index contributed by atoms with van der Waals surface area (Å²) < 4.78 is 12.7. The van der Waals surface area contributed by atoms with Crippen molar-refractivity contribution in [2.24, 2.45) is 0 Å². The van der Waals surface area contributed by atoms with Gasteiger partial charge in [0.25, 0.3) is 0 Å². The monoisotopic (exact) mass is 385 g/mol. The summed E-state index contributed by atoms with van der Waals surface area (Å²) in [5, 5.41) is 3.43. The number of benzene rings is 2. The molecule has 1 N–H and O–H groups in total. The second-order valence-corrected chi connectivity index (χ2v) is 7.25. The van der Waals surface area contributed by atoms with Crippen molar-refractivity contribution in [3.05, 3.63) is 42.5 Å². The first-order valence-electron chi connectivity index (χ1n) is 8.72. The maximum Gasteiger partial charge on any atom is 0.237 e. The molecule has 1 heterocycles. The molecule has 0 bridgehead atoms. The molecule has 0 fully saturated rings. The number of nitrogens with one attached hydrogen (secondary N) is 1. The minimum Gasteiger partial charge on any atom is -0.497 e. The van der Waals surface area contributed by atoms with Gasteiger partial charge in [-0.05, 0) is 38.1 Å². The summed E-state index contributed by atoms with van der Waals surface area (Å²) in [6.07, 6.45) is 0. The molecule has 0 saturated heterocycles. The largest absolute Gasteiger partial charge is 0.497 e. The first-order valence-corrected chi connectivity index (χ1v) is 9.60. The zero-order valence-corrected chi connectivity index (χ0v) is 16.7. The maximum absolute atomic E-state index is 12.7. The Hall–Kier alpha value is -2.67. The highest BCUT2D eigenvalue weighted by Crippen LogP contribution is 2.31. The van der Waals surface area contributed by atoms with Crippen LogP contribution in [0.4, 0.5) is 5.69 Å². The van der Waals surface area contributed by atoms with Gasteiger partial charge in [0.05, 0.1) is 36.2 Å². The molecule has 3 aromatic rings. The maximum atomic E-state index is 12.7. The summed E-state index contributed by atoms with van der Waals surface area (Å²) in [7, 11) is 3.15. The van der Waals surface area contributed by atoms with Crippen molar-refractivity contribution >= 4 is 34.4 Å². The van der Waals surface area contributed by atoms with Gasteiger partial charge in [0.1, 0.15) is 11.5 Å². The summed E-state index contributed by atoms with van der Waals surface area (Å²) >= 11 is 1.44. The number of rotatable bonds is 7. The minimum atomic E-state index is -0.331. The van der Waals surface area contributed by atoms with E-state index in [2.05, 4.69) is 21.8 Å². The molecule has 0 saturated carbocycles. The molecule has 0 aliphatic carbocycles. The third kappa shape index (κ3) is 4.03. The number of nitrogens with zero attached hydrogens (tertiary/aromatic N) is 2. The van der Waals surface area contributed by atoms with Gasteiger partial charge in [0.2, 0.25) is 5.91 Å². The van der Waals surface area contributed by atoms with E-state index in [-0.39, 0.29) is 11.2 Å². The van der Waals surface area contributed by atoms with Gasteiger partial charge in [-0.15, -0.1) is 0 Å². The molecule has 1 aromatic heterocycles. The zero-order valence-electron chi connectivity index (χ0n) is 15.9. The lowest BCUT2D eigenvalue weighted by atomic mass is 10.2. The van der Waals surface area contributed by atoms with E-state index in [1.165, 1.54) is 11.8 Å². The standard InChI is InChI=1S/C20H23N3O3S/c1-5-23-17-9-7-6-8-15(17)22-20(23)27-13(2)19(24)21-16-12-14(25-3)10-11-18(16)26-4/h6-13H,5H2,1-4H3,(H,21,24). The lowest BCUT2D eigenvalue weighted by Crippen LogP contribution is -2.23. The number of para-hydroxylation sites is 2. The normalized spacial score (nSPS) is 12.0. The van der Waals surface area contributed by atoms with Crippen LogP contribution < -0.4 is 14.8 Å². The number of imidazole rings is 1. The number of aryl methyl sites for hydroxylation is 1. The van der Waals surface area contributed by atoms with E-state index in [0.29, 0.717) is 17.2 Å². The Morgan fingerprint density at radius 1 is 1.22 bits per heavy atom. The average Bonchev–Trinajstić information content (AvgIpc) is 3.04. The summed E-state index contributed by atoms with van der Waals surface area (Å²) in [5.41, 5.74) is 2.59. The third-order valence-corrected chi connectivity index (χ3v) is 5.34. The Morgan fingerprint density at radius 3 is 2.70 bits per heavy atom. The van der Waals surface area contributed by atoms with Crippen LogP contribution in [0.1, 0.15) is 13.8 Å². The van der Waals surface area contributed by atoms with Gasteiger partial charge in [0, 0.05) is 12.6 Å². The molecule has 1 atom stereocenters. The van der Waals surface area contributed by atoms with E-state index in [1.807, 2.05) is 31.2 Å². The predicted molar refractivity (Wildman–Crippen MR) is 109 cm³/mol. The second kappa shape index (κ2) is 8.35. The number of methoxy groups -OCH3 is 2. The lowest BCUT2D eigenvalue weighted by molar-refractivity contribution is -0.115. The Labute approximate surface area is 162 Å². The van der Waals surface area contributed by atoms with Crippen molar-refractivity contribution in [2.75, 3.05) is 19.5 Å². The number of carbonyl (C=O) groups excluding carboxylic acids is 1. The summed E-state index contributed by atoms with van der Waals surface area (Å²) in [4.78, 5) is 17.4. The van der Waals surface area contributed by atoms with Crippen molar-refractivity contribution in [3.63, 3.8) is 0 Å². The van der Waals surface area contributed by atoms with Crippen LogP contribution in [0.15, 0.2) is 47.6 Å². The Balaban J connectivity index is 1.79. The van der Waals surface area contributed by atoms with Gasteiger partial charge in [-0.3, -0.25) is 4.79 Å². The zero-order chi connectivity index (χ0) is 19.4. The van der Waals surface area contributed by atoms with Gasteiger partial charge >= 0.3 is 0 Å². The first-order chi connectivity index (χ1) is 13.1. The number of amides is 1. The quantitative estimate of drug-likeness (QED) is 0.618. The van der Waals surface area contributed by atoms with Crippen LogP contribution in [0.2, 0.25) is 0 Å². The predicted octanol–water partition coefficient (Wildman–Crippen LogP) is 4.19. The van der Waals surface area contributed by atoms with E-state index in [0.717, 1.165) is 22.7 Å². The van der Waals surface area contributed by atoms with E-state index in [1.54, 1.807) is 32.4 Å². The molecular weight excluding hydrogens is 362 g/mol. The van der Waals surface area contributed by atoms with Crippen LogP contribution in [-0.2, 0) is 11.3 Å². The molecule has 1 amide bonds.